The summed E-state index contributed by atoms with van der Waals surface area (Å²) in [5.74, 6) is 0.247. The Morgan fingerprint density at radius 2 is 2.12 bits per heavy atom. The van der Waals surface area contributed by atoms with E-state index in [-0.39, 0.29) is 16.9 Å². The highest BCUT2D eigenvalue weighted by Gasteiger charge is 2.39. The lowest BCUT2D eigenvalue weighted by molar-refractivity contribution is 0.145. The zero-order valence-corrected chi connectivity index (χ0v) is 9.17. The largest absolute Gasteiger partial charge is 0.496 e. The van der Waals surface area contributed by atoms with Crippen molar-refractivity contribution in [3.05, 3.63) is 29.3 Å². The van der Waals surface area contributed by atoms with Crippen LogP contribution in [-0.4, -0.2) is 12.6 Å². The summed E-state index contributed by atoms with van der Waals surface area (Å²) in [5, 5.41) is 0. The van der Waals surface area contributed by atoms with Gasteiger partial charge in [-0.3, -0.25) is 0 Å². The Morgan fingerprint density at radius 3 is 2.62 bits per heavy atom. The van der Waals surface area contributed by atoms with Crippen LogP contribution in [0.3, 0.4) is 0 Å². The number of rotatable bonds is 4. The van der Waals surface area contributed by atoms with Gasteiger partial charge in [-0.1, -0.05) is 12.1 Å². The summed E-state index contributed by atoms with van der Waals surface area (Å²) in [6, 6.07) is 4.99. The van der Waals surface area contributed by atoms with Crippen molar-refractivity contribution in [2.24, 2.45) is 5.73 Å². The van der Waals surface area contributed by atoms with Gasteiger partial charge >= 0.3 is 0 Å². The molecule has 1 aromatic rings. The van der Waals surface area contributed by atoms with Gasteiger partial charge in [0.2, 0.25) is 0 Å². The maximum atomic E-state index is 12.9. The zero-order valence-electron chi connectivity index (χ0n) is 9.17. The summed E-state index contributed by atoms with van der Waals surface area (Å²) < 4.78 is 30.9. The topological polar surface area (TPSA) is 35.2 Å². The lowest BCUT2D eigenvalue weighted by atomic mass is 9.98. The van der Waals surface area contributed by atoms with Gasteiger partial charge in [0.05, 0.1) is 12.7 Å². The Hall–Kier alpha value is -1.16. The lowest BCUT2D eigenvalue weighted by Gasteiger charge is -2.15. The summed E-state index contributed by atoms with van der Waals surface area (Å²) in [6.45, 7) is 0. The number of halogens is 2. The molecule has 4 heteroatoms. The first-order valence-electron chi connectivity index (χ1n) is 5.28. The molecule has 0 amide bonds. The molecule has 16 heavy (non-hydrogen) atoms. The van der Waals surface area contributed by atoms with Gasteiger partial charge in [-0.2, -0.15) is 0 Å². The molecule has 0 spiro atoms. The molecule has 0 unspecified atom stereocenters. The van der Waals surface area contributed by atoms with Gasteiger partial charge in [0.1, 0.15) is 5.75 Å². The molecule has 0 saturated heterocycles. The molecule has 0 aromatic heterocycles. The van der Waals surface area contributed by atoms with Crippen molar-refractivity contribution in [1.82, 2.24) is 0 Å². The van der Waals surface area contributed by atoms with E-state index < -0.39 is 6.43 Å². The van der Waals surface area contributed by atoms with E-state index in [1.807, 2.05) is 0 Å². The standard InChI is InChI=1S/C12H15F2NO/c1-16-9-4-2-3-8(10(9)11(13)14)7-12(15)5-6-12/h2-4,11H,5-7,15H2,1H3. The summed E-state index contributed by atoms with van der Waals surface area (Å²) in [4.78, 5) is 0. The van der Waals surface area contributed by atoms with Crippen molar-refractivity contribution in [3.8, 4) is 5.75 Å². The van der Waals surface area contributed by atoms with Crippen LogP contribution in [0.4, 0.5) is 8.78 Å². The highest BCUT2D eigenvalue weighted by molar-refractivity contribution is 5.42. The quantitative estimate of drug-likeness (QED) is 0.858. The molecule has 0 aliphatic heterocycles. The van der Waals surface area contributed by atoms with E-state index in [1.165, 1.54) is 7.11 Å². The molecule has 1 aliphatic rings. The molecule has 0 heterocycles. The molecule has 1 fully saturated rings. The third-order valence-electron chi connectivity index (χ3n) is 3.03. The Kier molecular flexibility index (Phi) is 2.84. The van der Waals surface area contributed by atoms with Crippen LogP contribution in [-0.2, 0) is 6.42 Å². The number of hydrogen-bond acceptors (Lipinski definition) is 2. The number of methoxy groups -OCH3 is 1. The fourth-order valence-corrected chi connectivity index (χ4v) is 1.89. The van der Waals surface area contributed by atoms with Crippen molar-refractivity contribution in [2.45, 2.75) is 31.2 Å². The first kappa shape index (κ1) is 11.3. The van der Waals surface area contributed by atoms with E-state index >= 15 is 0 Å². The van der Waals surface area contributed by atoms with Crippen LogP contribution in [0.25, 0.3) is 0 Å². The van der Waals surface area contributed by atoms with E-state index in [1.54, 1.807) is 18.2 Å². The third-order valence-corrected chi connectivity index (χ3v) is 3.03. The van der Waals surface area contributed by atoms with E-state index in [4.69, 9.17) is 10.5 Å². The van der Waals surface area contributed by atoms with Crippen LogP contribution in [0.15, 0.2) is 18.2 Å². The molecule has 1 aromatic carbocycles. The average molecular weight is 227 g/mol. The maximum absolute atomic E-state index is 12.9. The highest BCUT2D eigenvalue weighted by Crippen LogP contribution is 2.40. The summed E-state index contributed by atoms with van der Waals surface area (Å²) in [7, 11) is 1.40. The minimum atomic E-state index is -2.52. The molecule has 0 radical (unpaired) electrons. The SMILES string of the molecule is COc1cccc(CC2(N)CC2)c1C(F)F. The van der Waals surface area contributed by atoms with Gasteiger partial charge in [0.15, 0.2) is 0 Å². The lowest BCUT2D eigenvalue weighted by Crippen LogP contribution is -2.25. The van der Waals surface area contributed by atoms with Crippen LogP contribution < -0.4 is 10.5 Å². The van der Waals surface area contributed by atoms with Gasteiger partial charge < -0.3 is 10.5 Å². The third kappa shape index (κ3) is 2.16. The van der Waals surface area contributed by atoms with Crippen LogP contribution in [0.5, 0.6) is 5.75 Å². The first-order valence-corrected chi connectivity index (χ1v) is 5.28. The second-order valence-corrected chi connectivity index (χ2v) is 4.37. The molecule has 0 bridgehead atoms. The molecular weight excluding hydrogens is 212 g/mol. The van der Waals surface area contributed by atoms with E-state index in [9.17, 15) is 8.78 Å². The molecule has 0 atom stereocenters. The average Bonchev–Trinajstić information content (AvgIpc) is 2.95. The van der Waals surface area contributed by atoms with Crippen molar-refractivity contribution in [3.63, 3.8) is 0 Å². The number of alkyl halides is 2. The summed E-state index contributed by atoms with van der Waals surface area (Å²) in [5.41, 5.74) is 6.28. The van der Waals surface area contributed by atoms with Crippen LogP contribution in [0.1, 0.15) is 30.4 Å². The predicted molar refractivity (Wildman–Crippen MR) is 57.8 cm³/mol. The fourth-order valence-electron chi connectivity index (χ4n) is 1.89. The number of hydrogen-bond donors (Lipinski definition) is 1. The normalized spacial score (nSPS) is 17.6. The second kappa shape index (κ2) is 4.01. The van der Waals surface area contributed by atoms with Gasteiger partial charge in [-0.05, 0) is 30.9 Å². The van der Waals surface area contributed by atoms with E-state index in [2.05, 4.69) is 0 Å². The Labute approximate surface area is 93.4 Å². The smallest absolute Gasteiger partial charge is 0.267 e. The van der Waals surface area contributed by atoms with Crippen LogP contribution in [0, 0.1) is 0 Å². The summed E-state index contributed by atoms with van der Waals surface area (Å²) >= 11 is 0. The first-order chi connectivity index (χ1) is 7.56. The van der Waals surface area contributed by atoms with Crippen LogP contribution in [0.2, 0.25) is 0 Å². The van der Waals surface area contributed by atoms with Crippen molar-refractivity contribution < 1.29 is 13.5 Å². The van der Waals surface area contributed by atoms with Crippen molar-refractivity contribution in [2.75, 3.05) is 7.11 Å². The molecule has 88 valence electrons. The fraction of sp³-hybridized carbons (Fsp3) is 0.500. The Bertz CT molecular complexity index is 389. The molecule has 1 aliphatic carbocycles. The predicted octanol–water partition coefficient (Wildman–Crippen LogP) is 2.67. The van der Waals surface area contributed by atoms with Gasteiger partial charge in [0, 0.05) is 5.54 Å². The van der Waals surface area contributed by atoms with Gasteiger partial charge in [0.25, 0.3) is 6.43 Å². The Morgan fingerprint density at radius 1 is 1.44 bits per heavy atom. The van der Waals surface area contributed by atoms with Crippen molar-refractivity contribution in [1.29, 1.82) is 0 Å². The van der Waals surface area contributed by atoms with E-state index in [0.717, 1.165) is 12.8 Å². The highest BCUT2D eigenvalue weighted by atomic mass is 19.3. The molecule has 2 nitrogen and oxygen atoms in total. The van der Waals surface area contributed by atoms with Gasteiger partial charge in [-0.25, -0.2) is 8.78 Å². The monoisotopic (exact) mass is 227 g/mol. The minimum absolute atomic E-state index is 0.0123. The summed E-state index contributed by atoms with van der Waals surface area (Å²) in [6.07, 6.45) is -0.197. The molecule has 1 saturated carbocycles. The zero-order chi connectivity index (χ0) is 11.8. The molecule has 2 rings (SSSR count). The number of ether oxygens (including phenoxy) is 1. The second-order valence-electron chi connectivity index (χ2n) is 4.37. The minimum Gasteiger partial charge on any atom is -0.496 e. The molecular formula is C12H15F2NO. The van der Waals surface area contributed by atoms with E-state index in [0.29, 0.717) is 12.0 Å². The van der Waals surface area contributed by atoms with Gasteiger partial charge in [-0.15, -0.1) is 0 Å². The Balaban J connectivity index is 2.35. The van der Waals surface area contributed by atoms with Crippen molar-refractivity contribution >= 4 is 0 Å². The van der Waals surface area contributed by atoms with Crippen LogP contribution >= 0.6 is 0 Å². The number of nitrogens with two attached hydrogens (primary N) is 1. The number of benzene rings is 1. The molecule has 2 N–H and O–H groups in total. The maximum Gasteiger partial charge on any atom is 0.267 e.